The molecule has 0 aliphatic carbocycles. The van der Waals surface area contributed by atoms with Gasteiger partial charge in [0.2, 0.25) is 5.91 Å². The molecule has 1 saturated heterocycles. The molecule has 194 valence electrons. The molecule has 8 nitrogen and oxygen atoms in total. The van der Waals surface area contributed by atoms with Crippen molar-refractivity contribution >= 4 is 17.6 Å². The SMILES string of the molecule is C=CCN(C)CC1OC(c2ccc(NC(=O)CCCC(=O)O)cc2)OC(c2ccc(CO)cc2)C1C. The highest BCUT2D eigenvalue weighted by Crippen LogP contribution is 2.41. The fourth-order valence-corrected chi connectivity index (χ4v) is 4.28. The molecule has 1 fully saturated rings. The lowest BCUT2D eigenvalue weighted by molar-refractivity contribution is -0.275. The third-order valence-corrected chi connectivity index (χ3v) is 6.32. The van der Waals surface area contributed by atoms with Crippen LogP contribution in [0, 0.1) is 5.92 Å². The Morgan fingerprint density at radius 2 is 1.72 bits per heavy atom. The second-order valence-electron chi connectivity index (χ2n) is 9.25. The van der Waals surface area contributed by atoms with Gasteiger partial charge in [-0.25, -0.2) is 0 Å². The maximum absolute atomic E-state index is 12.1. The minimum absolute atomic E-state index is 0.00941. The minimum Gasteiger partial charge on any atom is -0.481 e. The number of hydrogen-bond acceptors (Lipinski definition) is 6. The molecule has 4 atom stereocenters. The predicted octanol–water partition coefficient (Wildman–Crippen LogP) is 4.28. The molecule has 4 unspecified atom stereocenters. The van der Waals surface area contributed by atoms with E-state index < -0.39 is 12.3 Å². The number of carbonyl (C=O) groups excluding carboxylic acids is 1. The van der Waals surface area contributed by atoms with Crippen LogP contribution in [0.5, 0.6) is 0 Å². The largest absolute Gasteiger partial charge is 0.481 e. The number of aliphatic hydroxyl groups is 1. The summed E-state index contributed by atoms with van der Waals surface area (Å²) in [4.78, 5) is 24.9. The molecule has 1 heterocycles. The molecule has 1 amide bonds. The fourth-order valence-electron chi connectivity index (χ4n) is 4.28. The average molecular weight is 497 g/mol. The molecule has 1 aliphatic rings. The Hall–Kier alpha value is -3.04. The lowest BCUT2D eigenvalue weighted by Gasteiger charge is -2.42. The first-order chi connectivity index (χ1) is 17.3. The second kappa shape index (κ2) is 13.3. The van der Waals surface area contributed by atoms with Crippen LogP contribution in [0.25, 0.3) is 0 Å². The number of likely N-dealkylation sites (N-methyl/N-ethyl adjacent to an activating group) is 1. The smallest absolute Gasteiger partial charge is 0.303 e. The van der Waals surface area contributed by atoms with Crippen LogP contribution in [0.4, 0.5) is 5.69 Å². The van der Waals surface area contributed by atoms with Gasteiger partial charge in [-0.1, -0.05) is 49.4 Å². The topological polar surface area (TPSA) is 108 Å². The number of aliphatic carboxylic acids is 1. The summed E-state index contributed by atoms with van der Waals surface area (Å²) in [5.41, 5.74) is 3.33. The van der Waals surface area contributed by atoms with E-state index in [1.54, 1.807) is 12.1 Å². The number of aliphatic hydroxyl groups excluding tert-OH is 1. The van der Waals surface area contributed by atoms with E-state index in [0.29, 0.717) is 18.7 Å². The summed E-state index contributed by atoms with van der Waals surface area (Å²) in [5, 5.41) is 20.9. The normalized spacial score (nSPS) is 21.8. The summed E-state index contributed by atoms with van der Waals surface area (Å²) >= 11 is 0. The Kier molecular flexibility index (Phi) is 10.2. The van der Waals surface area contributed by atoms with Crippen LogP contribution >= 0.6 is 0 Å². The maximum Gasteiger partial charge on any atom is 0.303 e. The molecule has 2 aromatic rings. The Morgan fingerprint density at radius 3 is 2.33 bits per heavy atom. The van der Waals surface area contributed by atoms with Gasteiger partial charge in [-0.3, -0.25) is 9.59 Å². The van der Waals surface area contributed by atoms with Crippen molar-refractivity contribution in [1.29, 1.82) is 0 Å². The first kappa shape index (κ1) is 27.5. The molecule has 1 aliphatic heterocycles. The fraction of sp³-hybridized carbons (Fsp3) is 0.429. The van der Waals surface area contributed by atoms with Crippen molar-refractivity contribution in [2.24, 2.45) is 5.92 Å². The standard InChI is InChI=1S/C28H36N2O6/c1-4-16-30(3)17-24-19(2)27(21-10-8-20(18-31)9-11-21)36-28(35-24)22-12-14-23(15-13-22)29-25(32)6-5-7-26(33)34/h4,8-15,19,24,27-28,31H,1,5-7,16-18H2,2-3H3,(H,29,32)(H,33,34). The van der Waals surface area contributed by atoms with Gasteiger partial charge in [-0.2, -0.15) is 0 Å². The van der Waals surface area contributed by atoms with E-state index in [2.05, 4.69) is 23.7 Å². The zero-order chi connectivity index (χ0) is 26.1. The van der Waals surface area contributed by atoms with E-state index >= 15 is 0 Å². The zero-order valence-corrected chi connectivity index (χ0v) is 20.9. The Bertz CT molecular complexity index is 1010. The van der Waals surface area contributed by atoms with Crippen molar-refractivity contribution in [3.63, 3.8) is 0 Å². The van der Waals surface area contributed by atoms with Crippen LogP contribution in [0.1, 0.15) is 55.3 Å². The highest BCUT2D eigenvalue weighted by atomic mass is 16.7. The van der Waals surface area contributed by atoms with Crippen molar-refractivity contribution in [3.05, 3.63) is 77.9 Å². The average Bonchev–Trinajstić information content (AvgIpc) is 2.86. The van der Waals surface area contributed by atoms with E-state index in [9.17, 15) is 14.7 Å². The maximum atomic E-state index is 12.1. The van der Waals surface area contributed by atoms with Crippen LogP contribution in [0.15, 0.2) is 61.2 Å². The molecular weight excluding hydrogens is 460 g/mol. The summed E-state index contributed by atoms with van der Waals surface area (Å²) in [6, 6.07) is 15.1. The summed E-state index contributed by atoms with van der Waals surface area (Å²) in [6.07, 6.45) is 1.39. The first-order valence-corrected chi connectivity index (χ1v) is 12.2. The lowest BCUT2D eigenvalue weighted by atomic mass is 9.90. The number of hydrogen-bond donors (Lipinski definition) is 3. The first-order valence-electron chi connectivity index (χ1n) is 12.2. The minimum atomic E-state index is -0.911. The highest BCUT2D eigenvalue weighted by Gasteiger charge is 2.38. The molecule has 0 aromatic heterocycles. The number of amides is 1. The molecule has 3 N–H and O–H groups in total. The molecule has 0 saturated carbocycles. The second-order valence-corrected chi connectivity index (χ2v) is 9.25. The Labute approximate surface area is 212 Å². The van der Waals surface area contributed by atoms with E-state index in [0.717, 1.165) is 23.2 Å². The van der Waals surface area contributed by atoms with Gasteiger partial charge in [0.25, 0.3) is 0 Å². The number of carbonyl (C=O) groups is 2. The summed E-state index contributed by atoms with van der Waals surface area (Å²) in [7, 11) is 2.03. The number of benzene rings is 2. The van der Waals surface area contributed by atoms with Crippen LogP contribution in [-0.4, -0.2) is 53.2 Å². The van der Waals surface area contributed by atoms with Gasteiger partial charge in [-0.15, -0.1) is 6.58 Å². The van der Waals surface area contributed by atoms with Crippen molar-refractivity contribution in [1.82, 2.24) is 4.90 Å². The van der Waals surface area contributed by atoms with Crippen molar-refractivity contribution in [3.8, 4) is 0 Å². The van der Waals surface area contributed by atoms with E-state index in [-0.39, 0.29) is 43.5 Å². The molecule has 0 spiro atoms. The van der Waals surface area contributed by atoms with Crippen LogP contribution in [-0.2, 0) is 25.7 Å². The number of nitrogens with zero attached hydrogens (tertiary/aromatic N) is 1. The van der Waals surface area contributed by atoms with E-state index in [1.807, 2.05) is 49.5 Å². The molecule has 36 heavy (non-hydrogen) atoms. The quantitative estimate of drug-likeness (QED) is 0.376. The Morgan fingerprint density at radius 1 is 1.06 bits per heavy atom. The number of carboxylic acids is 1. The molecular formula is C28H36N2O6. The van der Waals surface area contributed by atoms with Crippen LogP contribution < -0.4 is 5.32 Å². The predicted molar refractivity (Wildman–Crippen MR) is 137 cm³/mol. The number of carboxylic acid groups (broad SMARTS) is 1. The highest BCUT2D eigenvalue weighted by molar-refractivity contribution is 5.90. The van der Waals surface area contributed by atoms with Gasteiger partial charge < -0.3 is 29.9 Å². The van der Waals surface area contributed by atoms with Crippen LogP contribution in [0.3, 0.4) is 0 Å². The van der Waals surface area contributed by atoms with Crippen LogP contribution in [0.2, 0.25) is 0 Å². The third-order valence-electron chi connectivity index (χ3n) is 6.32. The summed E-state index contributed by atoms with van der Waals surface area (Å²) in [6.45, 7) is 7.39. The molecule has 2 aromatic carbocycles. The summed E-state index contributed by atoms with van der Waals surface area (Å²) in [5.74, 6) is -1.05. The van der Waals surface area contributed by atoms with E-state index in [4.69, 9.17) is 14.6 Å². The van der Waals surface area contributed by atoms with Gasteiger partial charge in [-0.05, 0) is 36.7 Å². The number of rotatable bonds is 12. The molecule has 3 rings (SSSR count). The number of anilines is 1. The number of ether oxygens (including phenoxy) is 2. The van der Waals surface area contributed by atoms with Crippen molar-refractivity contribution in [2.75, 3.05) is 25.5 Å². The summed E-state index contributed by atoms with van der Waals surface area (Å²) < 4.78 is 12.9. The molecule has 8 heteroatoms. The molecule has 0 bridgehead atoms. The van der Waals surface area contributed by atoms with Gasteiger partial charge in [0.15, 0.2) is 6.29 Å². The third kappa shape index (κ3) is 7.73. The monoisotopic (exact) mass is 496 g/mol. The number of nitrogens with one attached hydrogen (secondary N) is 1. The van der Waals surface area contributed by atoms with Gasteiger partial charge in [0, 0.05) is 43.1 Å². The van der Waals surface area contributed by atoms with Crippen molar-refractivity contribution in [2.45, 2.75) is 51.3 Å². The molecule has 0 radical (unpaired) electrons. The van der Waals surface area contributed by atoms with Gasteiger partial charge >= 0.3 is 5.97 Å². The van der Waals surface area contributed by atoms with Crippen molar-refractivity contribution < 1.29 is 29.3 Å². The Balaban J connectivity index is 1.74. The zero-order valence-electron chi connectivity index (χ0n) is 20.9. The van der Waals surface area contributed by atoms with Gasteiger partial charge in [0.05, 0.1) is 18.8 Å². The van der Waals surface area contributed by atoms with E-state index in [1.165, 1.54) is 0 Å². The lowest BCUT2D eigenvalue weighted by Crippen LogP contribution is -2.43. The van der Waals surface area contributed by atoms with Gasteiger partial charge in [0.1, 0.15) is 0 Å².